The first kappa shape index (κ1) is 71.8. The van der Waals surface area contributed by atoms with Crippen LogP contribution in [-0.4, -0.2) is 216 Å². The van der Waals surface area contributed by atoms with Gasteiger partial charge in [-0.05, 0) is 107 Å². The molecule has 0 unspecified atom stereocenters. The molecule has 11 amide bonds. The number of alkyl halides is 3. The Morgan fingerprint density at radius 2 is 1.27 bits per heavy atom. The third-order valence-electron chi connectivity index (χ3n) is 18.6. The summed E-state index contributed by atoms with van der Waals surface area (Å²) in [6.45, 7) is 6.89. The number of halogens is 4. The van der Waals surface area contributed by atoms with E-state index in [1.165, 1.54) is 70.0 Å². The molecule has 2 aromatic rings. The number of benzene rings is 2. The number of carbonyl (C=O) groups is 11. The van der Waals surface area contributed by atoms with Crippen LogP contribution in [0.2, 0.25) is 5.02 Å². The molecule has 26 heteroatoms. The predicted molar refractivity (Wildman–Crippen MR) is 329 cm³/mol. The zero-order valence-corrected chi connectivity index (χ0v) is 54.6. The van der Waals surface area contributed by atoms with Crippen molar-refractivity contribution in [2.24, 2.45) is 11.8 Å². The van der Waals surface area contributed by atoms with Crippen LogP contribution < -0.4 is 21.3 Å². The van der Waals surface area contributed by atoms with E-state index in [0.717, 1.165) is 50.1 Å². The number of nitrogens with zero attached hydrogens (tertiary/aromatic N) is 7. The van der Waals surface area contributed by atoms with Crippen molar-refractivity contribution in [3.05, 3.63) is 69.7 Å². The average molecular weight is 1280 g/mol. The third kappa shape index (κ3) is 17.8. The highest BCUT2D eigenvalue weighted by Gasteiger charge is 2.50. The number of nitrogens with one attached hydrogen (secondary N) is 4. The van der Waals surface area contributed by atoms with Gasteiger partial charge < -0.3 is 55.6 Å². The fourth-order valence-corrected chi connectivity index (χ4v) is 12.9. The molecule has 2 aromatic carbocycles. The van der Waals surface area contributed by atoms with Gasteiger partial charge in [-0.2, -0.15) is 13.2 Å². The van der Waals surface area contributed by atoms with Gasteiger partial charge in [0, 0.05) is 67.7 Å². The highest BCUT2D eigenvalue weighted by atomic mass is 35.5. The van der Waals surface area contributed by atoms with Crippen LogP contribution in [0.3, 0.4) is 0 Å². The lowest BCUT2D eigenvalue weighted by Crippen LogP contribution is -2.64. The van der Waals surface area contributed by atoms with Gasteiger partial charge in [0.25, 0.3) is 0 Å². The van der Waals surface area contributed by atoms with Crippen LogP contribution in [0.25, 0.3) is 0 Å². The summed E-state index contributed by atoms with van der Waals surface area (Å²) in [5.41, 5.74) is -0.688. The second kappa shape index (κ2) is 31.1. The predicted octanol–water partition coefficient (Wildman–Crippen LogP) is 4.25. The van der Waals surface area contributed by atoms with Crippen LogP contribution in [0, 0.1) is 18.8 Å². The molecule has 0 bridgehead atoms. The van der Waals surface area contributed by atoms with Crippen LogP contribution in [0.15, 0.2) is 42.5 Å². The van der Waals surface area contributed by atoms with Crippen molar-refractivity contribution in [1.82, 2.24) is 55.6 Å². The summed E-state index contributed by atoms with van der Waals surface area (Å²) in [4.78, 5) is 167. The van der Waals surface area contributed by atoms with Crippen molar-refractivity contribution in [2.75, 3.05) is 68.5 Å². The van der Waals surface area contributed by atoms with E-state index < -0.39 is 155 Å². The minimum atomic E-state index is -4.75. The SMILES string of the molecule is CC[C@H](C)[C@@H]1NC(=O)[C@H](C)N(C)C(=O)C[C@@H](C)NC(=O)[C@H](C2CCCC2)N(C)C(=O)C2(CCCC2)NC(=O)[C@@H]2CCCN2C(=O)[C@H](CCc2ccc(C(F)(F)F)c(Cl)c2)NC(=O)CN(C)C(=O)[C@H](Cc2ccc(C)cc2)N(C)C(=O)CN(C)C(=O)CN(C)C1=O. The van der Waals surface area contributed by atoms with Gasteiger partial charge in [-0.1, -0.05) is 93.4 Å². The number of fused-ring (bicyclic) bond motifs is 1. The molecule has 2 saturated heterocycles. The van der Waals surface area contributed by atoms with E-state index in [1.807, 2.05) is 26.0 Å². The summed E-state index contributed by atoms with van der Waals surface area (Å²) in [5, 5.41) is 10.9. The van der Waals surface area contributed by atoms with Gasteiger partial charge in [-0.15, -0.1) is 0 Å². The minimum absolute atomic E-state index is 0.0402. The molecule has 90 heavy (non-hydrogen) atoms. The molecule has 4 fully saturated rings. The fraction of sp³-hybridized carbons (Fsp3) is 0.641. The first-order valence-electron chi connectivity index (χ1n) is 31.2. The third-order valence-corrected chi connectivity index (χ3v) is 18.9. The molecule has 22 nitrogen and oxygen atoms in total. The monoisotopic (exact) mass is 1280 g/mol. The maximum atomic E-state index is 15.2. The van der Waals surface area contributed by atoms with Crippen molar-refractivity contribution in [1.29, 1.82) is 0 Å². The van der Waals surface area contributed by atoms with Crippen LogP contribution in [-0.2, 0) is 71.8 Å². The van der Waals surface area contributed by atoms with Crippen LogP contribution in [0.1, 0.15) is 133 Å². The Labute approximate surface area is 531 Å². The smallest absolute Gasteiger partial charge is 0.351 e. The summed E-state index contributed by atoms with van der Waals surface area (Å²) in [6, 6.07) is 2.47. The van der Waals surface area contributed by atoms with Crippen molar-refractivity contribution in [3.63, 3.8) is 0 Å². The number of carbonyl (C=O) groups excluding carboxylic acids is 11. The van der Waals surface area contributed by atoms with Crippen LogP contribution in [0.4, 0.5) is 13.2 Å². The van der Waals surface area contributed by atoms with Gasteiger partial charge in [0.15, 0.2) is 0 Å². The zero-order valence-electron chi connectivity index (χ0n) is 53.8. The Bertz CT molecular complexity index is 2980. The molecule has 1 spiro atoms. The number of amides is 11. The Kier molecular flexibility index (Phi) is 24.8. The van der Waals surface area contributed by atoms with E-state index in [-0.39, 0.29) is 57.4 Å². The molecule has 4 aliphatic rings. The molecule has 2 saturated carbocycles. The topological polar surface area (TPSA) is 259 Å². The Hall–Kier alpha value is -7.31. The molecular formula is C64H91ClF3N11O11. The molecule has 2 heterocycles. The standard InChI is InChI=1S/C64H91ClF3N11O11/c1-12-39(3)54-61(89)75(8)36-52(82)73(6)37-53(83)77(10)49(34-43-23-21-38(2)22-24-43)60(88)74(7)35-50(80)70-47(28-26-42-25-27-45(46(65)33-42)64(66,67)68)59(87)79-31-17-20-48(79)57(85)72-63(29-15-16-30-63)62(90)78(11)55(44-18-13-14-19-44)58(86)69-40(4)32-51(81)76(9)41(5)56(84)71-54/h21-25,27,33,39-41,44,47-49,54-55H,12-20,26,28-32,34-37H2,1-11H3,(H,69,86)(H,70,80)(H,71,84)(H,72,85)/t39-,40+,41-,47-,48-,49-,54-,55-/m0/s1. The molecule has 496 valence electrons. The van der Waals surface area contributed by atoms with Gasteiger partial charge in [-0.25, -0.2) is 0 Å². The maximum absolute atomic E-state index is 15.2. The Balaban J connectivity index is 1.36. The van der Waals surface area contributed by atoms with Crippen LogP contribution >= 0.6 is 11.6 Å². The molecule has 0 radical (unpaired) electrons. The molecule has 2 aliphatic carbocycles. The zero-order chi connectivity index (χ0) is 66.7. The maximum Gasteiger partial charge on any atom is 0.417 e. The van der Waals surface area contributed by atoms with E-state index in [4.69, 9.17) is 11.6 Å². The van der Waals surface area contributed by atoms with Crippen molar-refractivity contribution < 1.29 is 65.9 Å². The summed E-state index contributed by atoms with van der Waals surface area (Å²) in [5.74, 6) is -7.75. The lowest BCUT2D eigenvalue weighted by Gasteiger charge is -2.40. The van der Waals surface area contributed by atoms with Gasteiger partial charge >= 0.3 is 6.18 Å². The van der Waals surface area contributed by atoms with Crippen molar-refractivity contribution in [3.8, 4) is 0 Å². The van der Waals surface area contributed by atoms with Gasteiger partial charge in [0.2, 0.25) is 65.0 Å². The molecule has 6 rings (SSSR count). The second-order valence-electron chi connectivity index (χ2n) is 25.4. The lowest BCUT2D eigenvalue weighted by atomic mass is 9.90. The van der Waals surface area contributed by atoms with Gasteiger partial charge in [0.1, 0.15) is 41.8 Å². The van der Waals surface area contributed by atoms with Gasteiger partial charge in [0.05, 0.1) is 30.2 Å². The largest absolute Gasteiger partial charge is 0.417 e. The lowest BCUT2D eigenvalue weighted by molar-refractivity contribution is -0.149. The molecule has 0 aromatic heterocycles. The number of hydrogen-bond donors (Lipinski definition) is 4. The van der Waals surface area contributed by atoms with Gasteiger partial charge in [-0.3, -0.25) is 52.7 Å². The Morgan fingerprint density at radius 1 is 0.656 bits per heavy atom. The van der Waals surface area contributed by atoms with E-state index in [1.54, 1.807) is 26.0 Å². The quantitative estimate of drug-likeness (QED) is 0.291. The highest BCUT2D eigenvalue weighted by Crippen LogP contribution is 2.38. The minimum Gasteiger partial charge on any atom is -0.351 e. The van der Waals surface area contributed by atoms with Crippen molar-refractivity contribution in [2.45, 2.75) is 185 Å². The number of likely N-dealkylation sites (N-methyl/N-ethyl adjacent to an activating group) is 6. The summed E-state index contributed by atoms with van der Waals surface area (Å²) in [6.07, 6.45) is 0.0553. The summed E-state index contributed by atoms with van der Waals surface area (Å²) in [7, 11) is 8.39. The molecule has 4 N–H and O–H groups in total. The Morgan fingerprint density at radius 3 is 1.88 bits per heavy atom. The molecule has 8 atom stereocenters. The summed E-state index contributed by atoms with van der Waals surface area (Å²) < 4.78 is 41.3. The first-order chi connectivity index (χ1) is 42.3. The second-order valence-corrected chi connectivity index (χ2v) is 25.8. The number of hydrogen-bond acceptors (Lipinski definition) is 11. The van der Waals surface area contributed by atoms with Crippen LogP contribution in [0.5, 0.6) is 0 Å². The van der Waals surface area contributed by atoms with E-state index in [0.29, 0.717) is 49.7 Å². The molecular weight excluding hydrogens is 1190 g/mol. The first-order valence-corrected chi connectivity index (χ1v) is 31.6. The average Bonchev–Trinajstić information content (AvgIpc) is 1.55. The number of aryl methyl sites for hydroxylation is 2. The van der Waals surface area contributed by atoms with E-state index >= 15 is 9.59 Å². The molecule has 2 aliphatic heterocycles. The number of rotatable bonds is 8. The van der Waals surface area contributed by atoms with Crippen molar-refractivity contribution >= 4 is 76.6 Å². The normalized spacial score (nSPS) is 26.0. The fourth-order valence-electron chi connectivity index (χ4n) is 12.6. The van der Waals surface area contributed by atoms with E-state index in [2.05, 4.69) is 21.3 Å². The van der Waals surface area contributed by atoms with E-state index in [9.17, 15) is 56.3 Å². The highest BCUT2D eigenvalue weighted by molar-refractivity contribution is 6.31. The summed E-state index contributed by atoms with van der Waals surface area (Å²) >= 11 is 6.11.